The van der Waals surface area contributed by atoms with Crippen molar-refractivity contribution >= 4 is 5.91 Å². The Morgan fingerprint density at radius 2 is 2.31 bits per heavy atom. The average Bonchev–Trinajstić information content (AvgIpc) is 2.25. The second kappa shape index (κ2) is 4.42. The minimum absolute atomic E-state index is 0.155. The molecule has 4 nitrogen and oxygen atoms in total. The minimum atomic E-state index is -0.951. The number of hydrogen-bond donors (Lipinski definition) is 1. The van der Waals surface area contributed by atoms with Gasteiger partial charge >= 0.3 is 0 Å². The molecule has 1 aliphatic rings. The molecule has 0 aromatic rings. The molecule has 0 aromatic heterocycles. The van der Waals surface area contributed by atoms with Gasteiger partial charge in [0.1, 0.15) is 5.41 Å². The summed E-state index contributed by atoms with van der Waals surface area (Å²) < 4.78 is 0. The number of β-amino-alcohol motifs (C(OH)–C–C–N with tert-alkyl or cyclic N) is 1. The Bertz CT molecular complexity index is 319. The van der Waals surface area contributed by atoms with Gasteiger partial charge in [-0.2, -0.15) is 5.26 Å². The predicted molar refractivity (Wildman–Crippen MR) is 60.4 cm³/mol. The molecule has 1 saturated heterocycles. The standard InChI is InChI=1S/C12H20N2O2/c1-4-11(2,8-13)10(15)14-7-5-6-12(3,16)9-14/h16H,4-7,9H2,1-3H3. The number of hydrogen-bond acceptors (Lipinski definition) is 3. The fraction of sp³-hybridized carbons (Fsp3) is 0.833. The SMILES string of the molecule is CCC(C)(C#N)C(=O)N1CCCC(C)(O)C1. The van der Waals surface area contributed by atoms with Gasteiger partial charge in [0.15, 0.2) is 0 Å². The molecule has 90 valence electrons. The van der Waals surface area contributed by atoms with Crippen LogP contribution in [0, 0.1) is 16.7 Å². The molecule has 1 heterocycles. The molecular weight excluding hydrogens is 204 g/mol. The van der Waals surface area contributed by atoms with Gasteiger partial charge in [0.25, 0.3) is 0 Å². The molecule has 0 aromatic carbocycles. The maximum atomic E-state index is 12.2. The van der Waals surface area contributed by atoms with E-state index in [0.717, 1.165) is 6.42 Å². The van der Waals surface area contributed by atoms with E-state index in [1.165, 1.54) is 0 Å². The summed E-state index contributed by atoms with van der Waals surface area (Å²) in [5, 5.41) is 19.0. The van der Waals surface area contributed by atoms with Crippen molar-refractivity contribution < 1.29 is 9.90 Å². The molecule has 4 heteroatoms. The van der Waals surface area contributed by atoms with Crippen LogP contribution in [0.25, 0.3) is 0 Å². The molecule has 1 amide bonds. The van der Waals surface area contributed by atoms with Crippen LogP contribution < -0.4 is 0 Å². The number of nitrogens with zero attached hydrogens (tertiary/aromatic N) is 2. The summed E-state index contributed by atoms with van der Waals surface area (Å²) in [6, 6.07) is 2.08. The van der Waals surface area contributed by atoms with Crippen molar-refractivity contribution in [2.24, 2.45) is 5.41 Å². The zero-order chi connectivity index (χ0) is 12.4. The number of nitriles is 1. The van der Waals surface area contributed by atoms with Gasteiger partial charge in [0, 0.05) is 13.1 Å². The molecule has 1 N–H and O–H groups in total. The molecular formula is C12H20N2O2. The first-order valence-electron chi connectivity index (χ1n) is 5.78. The Morgan fingerprint density at radius 3 is 2.75 bits per heavy atom. The van der Waals surface area contributed by atoms with Crippen LogP contribution in [0.4, 0.5) is 0 Å². The average molecular weight is 224 g/mol. The lowest BCUT2D eigenvalue weighted by Gasteiger charge is -2.39. The van der Waals surface area contributed by atoms with Crippen molar-refractivity contribution in [2.45, 2.75) is 45.6 Å². The first-order valence-corrected chi connectivity index (χ1v) is 5.78. The van der Waals surface area contributed by atoms with Gasteiger partial charge in [-0.15, -0.1) is 0 Å². The Balaban J connectivity index is 2.79. The van der Waals surface area contributed by atoms with Gasteiger partial charge in [-0.1, -0.05) is 6.92 Å². The van der Waals surface area contributed by atoms with Gasteiger partial charge in [0.05, 0.1) is 11.7 Å². The van der Waals surface area contributed by atoms with E-state index in [-0.39, 0.29) is 5.91 Å². The number of piperidine rings is 1. The Morgan fingerprint density at radius 1 is 1.69 bits per heavy atom. The molecule has 1 fully saturated rings. The third-order valence-electron chi connectivity index (χ3n) is 3.39. The molecule has 1 aliphatic heterocycles. The number of amides is 1. The van der Waals surface area contributed by atoms with Gasteiger partial charge in [-0.3, -0.25) is 4.79 Å². The van der Waals surface area contributed by atoms with Crippen molar-refractivity contribution in [1.82, 2.24) is 4.90 Å². The number of rotatable bonds is 2. The first kappa shape index (κ1) is 13.0. The lowest BCUT2D eigenvalue weighted by molar-refractivity contribution is -0.144. The molecule has 0 spiro atoms. The lowest BCUT2D eigenvalue weighted by atomic mass is 9.85. The number of carbonyl (C=O) groups is 1. The summed E-state index contributed by atoms with van der Waals surface area (Å²) in [7, 11) is 0. The second-order valence-corrected chi connectivity index (χ2v) is 5.12. The fourth-order valence-electron chi connectivity index (χ4n) is 2.02. The van der Waals surface area contributed by atoms with Crippen molar-refractivity contribution in [1.29, 1.82) is 5.26 Å². The van der Waals surface area contributed by atoms with Crippen LogP contribution in [0.5, 0.6) is 0 Å². The van der Waals surface area contributed by atoms with E-state index in [1.54, 1.807) is 18.7 Å². The van der Waals surface area contributed by atoms with Gasteiger partial charge < -0.3 is 10.0 Å². The lowest BCUT2D eigenvalue weighted by Crippen LogP contribution is -2.52. The quantitative estimate of drug-likeness (QED) is 0.769. The van der Waals surface area contributed by atoms with E-state index in [4.69, 9.17) is 5.26 Å². The summed E-state index contributed by atoms with van der Waals surface area (Å²) in [4.78, 5) is 13.8. The number of aliphatic hydroxyl groups is 1. The van der Waals surface area contributed by atoms with Gasteiger partial charge in [-0.05, 0) is 33.1 Å². The monoisotopic (exact) mass is 224 g/mol. The zero-order valence-corrected chi connectivity index (χ0v) is 10.3. The van der Waals surface area contributed by atoms with Crippen LogP contribution in [0.3, 0.4) is 0 Å². The van der Waals surface area contributed by atoms with Crippen LogP contribution in [-0.4, -0.2) is 34.6 Å². The Kier molecular flexibility index (Phi) is 3.59. The Labute approximate surface area is 96.9 Å². The van der Waals surface area contributed by atoms with Crippen molar-refractivity contribution in [3.63, 3.8) is 0 Å². The number of carbonyl (C=O) groups excluding carboxylic acids is 1. The molecule has 1 rings (SSSR count). The topological polar surface area (TPSA) is 64.3 Å². The molecule has 0 bridgehead atoms. The van der Waals surface area contributed by atoms with Gasteiger partial charge in [0.2, 0.25) is 5.91 Å². The third kappa shape index (κ3) is 2.53. The van der Waals surface area contributed by atoms with Crippen LogP contribution in [-0.2, 0) is 4.79 Å². The smallest absolute Gasteiger partial charge is 0.242 e. The largest absolute Gasteiger partial charge is 0.388 e. The minimum Gasteiger partial charge on any atom is -0.388 e. The van der Waals surface area contributed by atoms with Crippen molar-refractivity contribution in [3.05, 3.63) is 0 Å². The highest BCUT2D eigenvalue weighted by Gasteiger charge is 2.39. The predicted octanol–water partition coefficient (Wildman–Crippen LogP) is 1.30. The van der Waals surface area contributed by atoms with Crippen LogP contribution in [0.15, 0.2) is 0 Å². The summed E-state index contributed by atoms with van der Waals surface area (Å²) >= 11 is 0. The normalized spacial score (nSPS) is 29.3. The molecule has 0 aliphatic carbocycles. The van der Waals surface area contributed by atoms with E-state index in [9.17, 15) is 9.90 Å². The van der Waals surface area contributed by atoms with E-state index in [0.29, 0.717) is 25.9 Å². The second-order valence-electron chi connectivity index (χ2n) is 5.12. The highest BCUT2D eigenvalue weighted by molar-refractivity contribution is 5.85. The van der Waals surface area contributed by atoms with E-state index < -0.39 is 11.0 Å². The summed E-state index contributed by atoms with van der Waals surface area (Å²) in [6.07, 6.45) is 2.01. The molecule has 0 radical (unpaired) electrons. The molecule has 2 atom stereocenters. The van der Waals surface area contributed by atoms with Gasteiger partial charge in [-0.25, -0.2) is 0 Å². The van der Waals surface area contributed by atoms with E-state index >= 15 is 0 Å². The van der Waals surface area contributed by atoms with Crippen LogP contribution >= 0.6 is 0 Å². The molecule has 16 heavy (non-hydrogen) atoms. The van der Waals surface area contributed by atoms with Crippen LogP contribution in [0.1, 0.15) is 40.0 Å². The molecule has 2 unspecified atom stereocenters. The van der Waals surface area contributed by atoms with Crippen LogP contribution in [0.2, 0.25) is 0 Å². The van der Waals surface area contributed by atoms with Crippen molar-refractivity contribution in [2.75, 3.05) is 13.1 Å². The third-order valence-corrected chi connectivity index (χ3v) is 3.39. The molecule has 0 saturated carbocycles. The summed E-state index contributed by atoms with van der Waals surface area (Å²) in [5.41, 5.74) is -1.76. The van der Waals surface area contributed by atoms with Crippen molar-refractivity contribution in [3.8, 4) is 6.07 Å². The fourth-order valence-corrected chi connectivity index (χ4v) is 2.02. The van der Waals surface area contributed by atoms with E-state index in [2.05, 4.69) is 6.07 Å². The zero-order valence-electron chi connectivity index (χ0n) is 10.3. The maximum Gasteiger partial charge on any atom is 0.242 e. The highest BCUT2D eigenvalue weighted by Crippen LogP contribution is 2.27. The number of likely N-dealkylation sites (tertiary alicyclic amines) is 1. The first-order chi connectivity index (χ1) is 7.34. The highest BCUT2D eigenvalue weighted by atomic mass is 16.3. The van der Waals surface area contributed by atoms with E-state index in [1.807, 2.05) is 6.92 Å². The summed E-state index contributed by atoms with van der Waals surface area (Å²) in [6.45, 7) is 6.22. The maximum absolute atomic E-state index is 12.2. The summed E-state index contributed by atoms with van der Waals surface area (Å²) in [5.74, 6) is -0.155. The Hall–Kier alpha value is -1.08.